The lowest BCUT2D eigenvalue weighted by Gasteiger charge is -1.98. The SMILES string of the molecule is CC1(CO)CC1Cl. The summed E-state index contributed by atoms with van der Waals surface area (Å²) in [6, 6.07) is 0. The van der Waals surface area contributed by atoms with Crippen molar-refractivity contribution >= 4 is 11.6 Å². The second-order valence-corrected chi connectivity index (χ2v) is 3.01. The van der Waals surface area contributed by atoms with Crippen molar-refractivity contribution in [2.45, 2.75) is 18.7 Å². The Hall–Kier alpha value is 0.250. The molecule has 0 bridgehead atoms. The predicted molar refractivity (Wildman–Crippen MR) is 29.5 cm³/mol. The molecular formula is C5H9ClO. The van der Waals surface area contributed by atoms with E-state index in [4.69, 9.17) is 16.7 Å². The molecule has 0 saturated heterocycles. The lowest BCUT2D eigenvalue weighted by Crippen LogP contribution is -2.02. The number of halogens is 1. The highest BCUT2D eigenvalue weighted by Gasteiger charge is 2.48. The van der Waals surface area contributed by atoms with Gasteiger partial charge in [0.1, 0.15) is 0 Å². The van der Waals surface area contributed by atoms with E-state index in [1.807, 2.05) is 6.92 Å². The highest BCUT2D eigenvalue weighted by atomic mass is 35.5. The molecule has 0 amide bonds. The van der Waals surface area contributed by atoms with E-state index in [2.05, 4.69) is 0 Å². The lowest BCUT2D eigenvalue weighted by atomic mass is 10.2. The maximum atomic E-state index is 8.55. The molecule has 7 heavy (non-hydrogen) atoms. The molecule has 0 aromatic rings. The normalized spacial score (nSPS) is 49.3. The summed E-state index contributed by atoms with van der Waals surface area (Å²) >= 11 is 5.63. The summed E-state index contributed by atoms with van der Waals surface area (Å²) in [5.41, 5.74) is 0.0710. The van der Waals surface area contributed by atoms with Crippen LogP contribution < -0.4 is 0 Å². The van der Waals surface area contributed by atoms with Crippen molar-refractivity contribution in [3.05, 3.63) is 0 Å². The Kier molecular flexibility index (Phi) is 1.05. The molecule has 42 valence electrons. The van der Waals surface area contributed by atoms with Gasteiger partial charge in [0, 0.05) is 17.4 Å². The first-order valence-electron chi connectivity index (χ1n) is 2.44. The fourth-order valence-corrected chi connectivity index (χ4v) is 0.936. The lowest BCUT2D eigenvalue weighted by molar-refractivity contribution is 0.225. The van der Waals surface area contributed by atoms with Crippen molar-refractivity contribution in [1.29, 1.82) is 0 Å². The van der Waals surface area contributed by atoms with Crippen molar-refractivity contribution < 1.29 is 5.11 Å². The minimum absolute atomic E-state index is 0.0710. The molecule has 0 aliphatic heterocycles. The fourth-order valence-electron chi connectivity index (χ4n) is 0.514. The second-order valence-electron chi connectivity index (χ2n) is 2.48. The molecule has 1 nitrogen and oxygen atoms in total. The standard InChI is InChI=1S/C5H9ClO/c1-5(3-7)2-4(5)6/h4,7H,2-3H2,1H3. The molecule has 1 saturated carbocycles. The topological polar surface area (TPSA) is 20.2 Å². The average Bonchev–Trinajstić information content (AvgIpc) is 2.18. The smallest absolute Gasteiger partial charge is 0.0499 e. The van der Waals surface area contributed by atoms with Gasteiger partial charge >= 0.3 is 0 Å². The monoisotopic (exact) mass is 120 g/mol. The molecule has 1 N–H and O–H groups in total. The molecule has 0 aromatic carbocycles. The van der Waals surface area contributed by atoms with Gasteiger partial charge in [0.15, 0.2) is 0 Å². The molecule has 0 heterocycles. The van der Waals surface area contributed by atoms with E-state index in [1.54, 1.807) is 0 Å². The molecule has 0 spiro atoms. The van der Waals surface area contributed by atoms with E-state index in [9.17, 15) is 0 Å². The number of hydrogen-bond donors (Lipinski definition) is 1. The fraction of sp³-hybridized carbons (Fsp3) is 1.00. The van der Waals surface area contributed by atoms with Crippen LogP contribution in [0.5, 0.6) is 0 Å². The Labute approximate surface area is 48.3 Å². The van der Waals surface area contributed by atoms with Gasteiger partial charge in [-0.25, -0.2) is 0 Å². The van der Waals surface area contributed by atoms with Crippen molar-refractivity contribution in [2.24, 2.45) is 5.41 Å². The zero-order chi connectivity index (χ0) is 5.49. The van der Waals surface area contributed by atoms with Crippen molar-refractivity contribution in [3.8, 4) is 0 Å². The number of aliphatic hydroxyl groups excluding tert-OH is 1. The quantitative estimate of drug-likeness (QED) is 0.512. The van der Waals surface area contributed by atoms with Crippen LogP contribution in [0.15, 0.2) is 0 Å². The minimum Gasteiger partial charge on any atom is -0.396 e. The number of rotatable bonds is 1. The predicted octanol–water partition coefficient (Wildman–Crippen LogP) is 0.996. The Morgan fingerprint density at radius 2 is 2.43 bits per heavy atom. The van der Waals surface area contributed by atoms with Gasteiger partial charge in [-0.3, -0.25) is 0 Å². The van der Waals surface area contributed by atoms with Crippen LogP contribution in [-0.2, 0) is 0 Å². The maximum absolute atomic E-state index is 8.55. The van der Waals surface area contributed by atoms with Gasteiger partial charge in [0.2, 0.25) is 0 Å². The number of alkyl halides is 1. The van der Waals surface area contributed by atoms with Gasteiger partial charge < -0.3 is 5.11 Å². The summed E-state index contributed by atoms with van der Waals surface area (Å²) in [5, 5.41) is 8.79. The van der Waals surface area contributed by atoms with Crippen LogP contribution in [0, 0.1) is 5.41 Å². The molecule has 2 unspecified atom stereocenters. The van der Waals surface area contributed by atoms with Crippen LogP contribution in [0.2, 0.25) is 0 Å². The Balaban J connectivity index is 2.36. The van der Waals surface area contributed by atoms with E-state index in [0.29, 0.717) is 0 Å². The van der Waals surface area contributed by atoms with Gasteiger partial charge in [-0.1, -0.05) is 6.92 Å². The highest BCUT2D eigenvalue weighted by molar-refractivity contribution is 6.23. The van der Waals surface area contributed by atoms with Crippen molar-refractivity contribution in [3.63, 3.8) is 0 Å². The van der Waals surface area contributed by atoms with Crippen LogP contribution in [0.4, 0.5) is 0 Å². The van der Waals surface area contributed by atoms with E-state index < -0.39 is 0 Å². The summed E-state index contributed by atoms with van der Waals surface area (Å²) in [6.45, 7) is 2.23. The zero-order valence-electron chi connectivity index (χ0n) is 4.32. The summed E-state index contributed by atoms with van der Waals surface area (Å²) < 4.78 is 0. The summed E-state index contributed by atoms with van der Waals surface area (Å²) in [7, 11) is 0. The second kappa shape index (κ2) is 1.36. The molecule has 0 radical (unpaired) electrons. The van der Waals surface area contributed by atoms with Gasteiger partial charge in [-0.15, -0.1) is 11.6 Å². The third-order valence-corrected chi connectivity index (χ3v) is 2.28. The first-order valence-corrected chi connectivity index (χ1v) is 2.87. The first-order chi connectivity index (χ1) is 3.19. The van der Waals surface area contributed by atoms with Crippen molar-refractivity contribution in [1.82, 2.24) is 0 Å². The molecule has 1 rings (SSSR count). The van der Waals surface area contributed by atoms with E-state index in [0.717, 1.165) is 6.42 Å². The third kappa shape index (κ3) is 0.752. The van der Waals surface area contributed by atoms with Crippen LogP contribution in [0.25, 0.3) is 0 Å². The number of hydrogen-bond acceptors (Lipinski definition) is 1. The summed E-state index contributed by atoms with van der Waals surface area (Å²) in [4.78, 5) is 0. The van der Waals surface area contributed by atoms with Crippen LogP contribution in [0.3, 0.4) is 0 Å². The summed E-state index contributed by atoms with van der Waals surface area (Å²) in [5.74, 6) is 0. The first kappa shape index (κ1) is 5.39. The molecule has 1 aliphatic carbocycles. The van der Waals surface area contributed by atoms with Crippen molar-refractivity contribution in [2.75, 3.05) is 6.61 Å². The molecule has 2 atom stereocenters. The van der Waals surface area contributed by atoms with E-state index in [-0.39, 0.29) is 17.4 Å². The maximum Gasteiger partial charge on any atom is 0.0499 e. The summed E-state index contributed by atoms with van der Waals surface area (Å²) in [6.07, 6.45) is 0.977. The largest absolute Gasteiger partial charge is 0.396 e. The Morgan fingerprint density at radius 3 is 2.43 bits per heavy atom. The van der Waals surface area contributed by atoms with Gasteiger partial charge in [0.25, 0.3) is 0 Å². The molecular weight excluding hydrogens is 112 g/mol. The number of aliphatic hydroxyl groups is 1. The van der Waals surface area contributed by atoms with Crippen LogP contribution >= 0.6 is 11.6 Å². The zero-order valence-corrected chi connectivity index (χ0v) is 5.07. The molecule has 1 aliphatic rings. The average molecular weight is 121 g/mol. The Morgan fingerprint density at radius 1 is 2.00 bits per heavy atom. The molecule has 1 fully saturated rings. The van der Waals surface area contributed by atoms with Crippen LogP contribution in [0.1, 0.15) is 13.3 Å². The minimum atomic E-state index is 0.0710. The molecule has 0 aromatic heterocycles. The van der Waals surface area contributed by atoms with Crippen LogP contribution in [-0.4, -0.2) is 17.1 Å². The van der Waals surface area contributed by atoms with Gasteiger partial charge in [-0.05, 0) is 6.42 Å². The molecule has 2 heteroatoms. The van der Waals surface area contributed by atoms with E-state index in [1.165, 1.54) is 0 Å². The van der Waals surface area contributed by atoms with E-state index >= 15 is 0 Å². The Bertz CT molecular complexity index is 80.1. The third-order valence-electron chi connectivity index (χ3n) is 1.60. The van der Waals surface area contributed by atoms with Gasteiger partial charge in [0.05, 0.1) is 0 Å². The van der Waals surface area contributed by atoms with Gasteiger partial charge in [-0.2, -0.15) is 0 Å². The highest BCUT2D eigenvalue weighted by Crippen LogP contribution is 2.48.